The topological polar surface area (TPSA) is 77.2 Å². The number of nitrogens with zero attached hydrogens (tertiary/aromatic N) is 3. The fraction of sp³-hybridized carbons (Fsp3) is 0.471. The molecule has 3 rings (SSSR count). The molecule has 2 heterocycles. The smallest absolute Gasteiger partial charge is 0.227 e. The van der Waals surface area contributed by atoms with Crippen LogP contribution < -0.4 is 0 Å². The number of rotatable bonds is 6. The highest BCUT2D eigenvalue weighted by atomic mass is 28.3. The van der Waals surface area contributed by atoms with Crippen LogP contribution in [0.1, 0.15) is 18.7 Å². The van der Waals surface area contributed by atoms with Crippen molar-refractivity contribution in [2.45, 2.75) is 45.3 Å². The Kier molecular flexibility index (Phi) is 4.74. The highest BCUT2D eigenvalue weighted by Gasteiger charge is 2.21. The van der Waals surface area contributed by atoms with Gasteiger partial charge in [-0.15, -0.1) is 0 Å². The summed E-state index contributed by atoms with van der Waals surface area (Å²) in [6, 6.07) is 1.01. The molecule has 0 radical (unpaired) electrons. The molecular formula is C17H22FN3O3Si. The van der Waals surface area contributed by atoms with E-state index in [1.165, 1.54) is 16.8 Å². The van der Waals surface area contributed by atoms with Crippen molar-refractivity contribution in [2.24, 2.45) is 0 Å². The molecule has 1 aliphatic rings. The second-order valence-electron chi connectivity index (χ2n) is 7.50. The summed E-state index contributed by atoms with van der Waals surface area (Å²) in [5.41, 5.74) is 0.934. The van der Waals surface area contributed by atoms with Crippen LogP contribution in [0.5, 0.6) is 5.88 Å². The Labute approximate surface area is 146 Å². The SMILES string of the molecule is C[Si](C)(C)CCOCn1cc(F)c2c(O)nc(C3=CC(=O)CC3)nc21. The normalized spacial score (nSPS) is 15.2. The number of aromatic hydroxyl groups is 1. The molecule has 1 N–H and O–H groups in total. The fourth-order valence-electron chi connectivity index (χ4n) is 2.68. The number of carbonyl (C=O) groups is 1. The summed E-state index contributed by atoms with van der Waals surface area (Å²) in [6.45, 7) is 7.53. The predicted octanol–water partition coefficient (Wildman–Crippen LogP) is 3.33. The molecule has 0 aliphatic heterocycles. The number of carbonyl (C=O) groups excluding carboxylic acids is 1. The Bertz CT molecular complexity index is 855. The minimum Gasteiger partial charge on any atom is -0.493 e. The summed E-state index contributed by atoms with van der Waals surface area (Å²) < 4.78 is 21.3. The van der Waals surface area contributed by atoms with Gasteiger partial charge >= 0.3 is 0 Å². The second kappa shape index (κ2) is 6.68. The first kappa shape index (κ1) is 17.8. The molecule has 0 aromatic carbocycles. The maximum atomic E-state index is 14.2. The molecule has 8 heteroatoms. The molecule has 0 saturated heterocycles. The van der Waals surface area contributed by atoms with Crippen molar-refractivity contribution in [3.05, 3.63) is 23.9 Å². The number of allylic oxidation sites excluding steroid dienone is 2. The molecule has 1 aliphatic carbocycles. The molecule has 0 saturated carbocycles. The minimum atomic E-state index is -1.20. The van der Waals surface area contributed by atoms with Crippen LogP contribution >= 0.6 is 0 Å². The molecule has 2 aromatic heterocycles. The van der Waals surface area contributed by atoms with Gasteiger partial charge in [-0.3, -0.25) is 4.79 Å². The van der Waals surface area contributed by atoms with E-state index in [1.807, 2.05) is 0 Å². The minimum absolute atomic E-state index is 0.00873. The molecule has 0 unspecified atom stereocenters. The van der Waals surface area contributed by atoms with Gasteiger partial charge in [0.05, 0.1) is 0 Å². The van der Waals surface area contributed by atoms with Gasteiger partial charge in [0.25, 0.3) is 0 Å². The summed E-state index contributed by atoms with van der Waals surface area (Å²) in [5, 5.41) is 10.1. The zero-order valence-corrected chi connectivity index (χ0v) is 15.7. The largest absolute Gasteiger partial charge is 0.493 e. The predicted molar refractivity (Wildman–Crippen MR) is 95.5 cm³/mol. The Balaban J connectivity index is 1.87. The third-order valence-corrected chi connectivity index (χ3v) is 5.84. The van der Waals surface area contributed by atoms with Crippen LogP contribution in [0.2, 0.25) is 25.7 Å². The Morgan fingerprint density at radius 2 is 2.08 bits per heavy atom. The highest BCUT2D eigenvalue weighted by Crippen LogP contribution is 2.30. The highest BCUT2D eigenvalue weighted by molar-refractivity contribution is 6.76. The van der Waals surface area contributed by atoms with Gasteiger partial charge in [-0.05, 0) is 18.5 Å². The summed E-state index contributed by atoms with van der Waals surface area (Å²) in [4.78, 5) is 19.7. The van der Waals surface area contributed by atoms with Crippen LogP contribution in [0, 0.1) is 5.82 Å². The number of halogens is 1. The van der Waals surface area contributed by atoms with Crippen LogP contribution in [0.4, 0.5) is 4.39 Å². The molecule has 134 valence electrons. The van der Waals surface area contributed by atoms with Crippen molar-refractivity contribution in [3.63, 3.8) is 0 Å². The van der Waals surface area contributed by atoms with Gasteiger partial charge in [-0.25, -0.2) is 9.37 Å². The van der Waals surface area contributed by atoms with Gasteiger partial charge in [0.1, 0.15) is 12.1 Å². The molecule has 0 atom stereocenters. The Hall–Kier alpha value is -2.06. The van der Waals surface area contributed by atoms with E-state index in [0.29, 0.717) is 25.0 Å². The zero-order valence-electron chi connectivity index (χ0n) is 14.7. The van der Waals surface area contributed by atoms with Crippen LogP contribution in [-0.2, 0) is 16.3 Å². The van der Waals surface area contributed by atoms with E-state index in [2.05, 4.69) is 29.6 Å². The van der Waals surface area contributed by atoms with Gasteiger partial charge < -0.3 is 14.4 Å². The average Bonchev–Trinajstić information content (AvgIpc) is 3.07. The number of hydrogen-bond donors (Lipinski definition) is 1. The van der Waals surface area contributed by atoms with Crippen molar-refractivity contribution in [2.75, 3.05) is 6.61 Å². The van der Waals surface area contributed by atoms with E-state index in [9.17, 15) is 14.3 Å². The first-order valence-corrected chi connectivity index (χ1v) is 12.0. The summed E-state index contributed by atoms with van der Waals surface area (Å²) in [7, 11) is -1.20. The standard InChI is InChI=1S/C17H22FN3O3Si/c1-25(2,3)7-6-24-10-21-9-13(18)14-16(21)19-15(20-17(14)23)11-4-5-12(22)8-11/h8-9H,4-7,10H2,1-3H3,(H,19,20,23). The maximum Gasteiger partial charge on any atom is 0.227 e. The van der Waals surface area contributed by atoms with Gasteiger partial charge in [-0.2, -0.15) is 4.98 Å². The number of fused-ring (bicyclic) bond motifs is 1. The van der Waals surface area contributed by atoms with E-state index < -0.39 is 19.8 Å². The molecule has 2 aromatic rings. The van der Waals surface area contributed by atoms with E-state index >= 15 is 0 Å². The lowest BCUT2D eigenvalue weighted by atomic mass is 10.2. The van der Waals surface area contributed by atoms with Crippen LogP contribution in [-0.4, -0.2) is 40.1 Å². The van der Waals surface area contributed by atoms with Crippen molar-refractivity contribution in [1.82, 2.24) is 14.5 Å². The van der Waals surface area contributed by atoms with E-state index in [-0.39, 0.29) is 29.4 Å². The average molecular weight is 363 g/mol. The monoisotopic (exact) mass is 363 g/mol. The van der Waals surface area contributed by atoms with Crippen molar-refractivity contribution in [3.8, 4) is 5.88 Å². The molecular weight excluding hydrogens is 341 g/mol. The van der Waals surface area contributed by atoms with Crippen LogP contribution in [0.3, 0.4) is 0 Å². The third kappa shape index (κ3) is 3.96. The van der Waals surface area contributed by atoms with Crippen molar-refractivity contribution >= 4 is 30.5 Å². The first-order valence-electron chi connectivity index (χ1n) is 8.31. The van der Waals surface area contributed by atoms with Crippen LogP contribution in [0.15, 0.2) is 12.3 Å². The lowest BCUT2D eigenvalue weighted by molar-refractivity contribution is -0.114. The third-order valence-electron chi connectivity index (χ3n) is 4.14. The second-order valence-corrected chi connectivity index (χ2v) is 13.1. The van der Waals surface area contributed by atoms with Gasteiger partial charge in [0.2, 0.25) is 5.88 Å². The number of aromatic nitrogens is 3. The molecule has 0 fully saturated rings. The number of ether oxygens (including phenoxy) is 1. The maximum absolute atomic E-state index is 14.2. The fourth-order valence-corrected chi connectivity index (χ4v) is 3.43. The molecule has 0 spiro atoms. The van der Waals surface area contributed by atoms with Crippen molar-refractivity contribution < 1.29 is 19.0 Å². The first-order chi connectivity index (χ1) is 11.7. The van der Waals surface area contributed by atoms with E-state index in [4.69, 9.17) is 4.74 Å². The Morgan fingerprint density at radius 3 is 2.72 bits per heavy atom. The quantitative estimate of drug-likeness (QED) is 0.629. The van der Waals surface area contributed by atoms with Gasteiger partial charge in [-0.1, -0.05) is 19.6 Å². The van der Waals surface area contributed by atoms with E-state index in [0.717, 1.165) is 6.04 Å². The lowest BCUT2D eigenvalue weighted by Crippen LogP contribution is -2.22. The van der Waals surface area contributed by atoms with Gasteiger partial charge in [0, 0.05) is 32.9 Å². The Morgan fingerprint density at radius 1 is 1.32 bits per heavy atom. The molecule has 0 amide bonds. The van der Waals surface area contributed by atoms with Crippen LogP contribution in [0.25, 0.3) is 16.6 Å². The molecule has 25 heavy (non-hydrogen) atoms. The van der Waals surface area contributed by atoms with Gasteiger partial charge in [0.15, 0.2) is 23.1 Å². The van der Waals surface area contributed by atoms with E-state index in [1.54, 1.807) is 0 Å². The zero-order chi connectivity index (χ0) is 18.2. The molecule has 6 nitrogen and oxygen atoms in total. The summed E-state index contributed by atoms with van der Waals surface area (Å²) >= 11 is 0. The lowest BCUT2D eigenvalue weighted by Gasteiger charge is -2.15. The molecule has 0 bridgehead atoms. The number of ketones is 1. The van der Waals surface area contributed by atoms with Crippen molar-refractivity contribution in [1.29, 1.82) is 0 Å². The number of hydrogen-bond acceptors (Lipinski definition) is 5. The summed E-state index contributed by atoms with van der Waals surface area (Å²) in [6.07, 6.45) is 3.67. The summed E-state index contributed by atoms with van der Waals surface area (Å²) in [5.74, 6) is -0.741.